The third kappa shape index (κ3) is 1.86. The average molecular weight is 333 g/mol. The Bertz CT molecular complexity index is 1010. The molecule has 3 heterocycles. The predicted octanol–water partition coefficient (Wildman–Crippen LogP) is 3.25. The van der Waals surface area contributed by atoms with Crippen molar-refractivity contribution in [2.45, 2.75) is 12.7 Å². The molecule has 5 rings (SSSR count). The molecule has 0 saturated heterocycles. The third-order valence-corrected chi connectivity index (χ3v) is 5.41. The number of methoxy groups -OCH3 is 1. The summed E-state index contributed by atoms with van der Waals surface area (Å²) in [5, 5.41) is 1.15. The molecule has 126 valence electrons. The van der Waals surface area contributed by atoms with Crippen LogP contribution in [0.25, 0.3) is 10.9 Å². The van der Waals surface area contributed by atoms with Crippen LogP contribution in [0.15, 0.2) is 48.5 Å². The summed E-state index contributed by atoms with van der Waals surface area (Å²) in [7, 11) is 3.75. The Morgan fingerprint density at radius 2 is 1.92 bits per heavy atom. The summed E-state index contributed by atoms with van der Waals surface area (Å²) in [5.41, 5.74) is 4.12. The van der Waals surface area contributed by atoms with Crippen LogP contribution in [0.4, 0.5) is 5.69 Å². The van der Waals surface area contributed by atoms with Gasteiger partial charge in [0.25, 0.3) is 5.91 Å². The first kappa shape index (κ1) is 14.4. The number of benzene rings is 2. The lowest BCUT2D eigenvalue weighted by Crippen LogP contribution is -2.52. The van der Waals surface area contributed by atoms with Gasteiger partial charge in [0.05, 0.1) is 24.1 Å². The van der Waals surface area contributed by atoms with Crippen molar-refractivity contribution in [1.82, 2.24) is 9.47 Å². The van der Waals surface area contributed by atoms with Crippen LogP contribution in [0, 0.1) is 0 Å². The molecule has 0 N–H and O–H groups in total. The van der Waals surface area contributed by atoms with Gasteiger partial charge in [0, 0.05) is 31.0 Å². The van der Waals surface area contributed by atoms with Crippen LogP contribution in [-0.2, 0) is 6.54 Å². The Hall–Kier alpha value is -2.95. The fourth-order valence-corrected chi connectivity index (χ4v) is 4.22. The Balaban J connectivity index is 1.71. The zero-order valence-electron chi connectivity index (χ0n) is 14.3. The van der Waals surface area contributed by atoms with Crippen molar-refractivity contribution in [3.63, 3.8) is 0 Å². The fraction of sp³-hybridized carbons (Fsp3) is 0.250. The molecular weight excluding hydrogens is 314 g/mol. The Morgan fingerprint density at radius 1 is 1.08 bits per heavy atom. The molecule has 0 radical (unpaired) electrons. The summed E-state index contributed by atoms with van der Waals surface area (Å²) in [4.78, 5) is 17.2. The normalized spacial score (nSPS) is 18.8. The average Bonchev–Trinajstić information content (AvgIpc) is 3.03. The maximum atomic E-state index is 13.0. The van der Waals surface area contributed by atoms with Gasteiger partial charge in [-0.15, -0.1) is 0 Å². The molecule has 1 atom stereocenters. The molecule has 0 bridgehead atoms. The SMILES string of the molecule is COc1ccc2c(c1)cc1n2CCN2C(=O)c3ccccc3N(C)C12. The Morgan fingerprint density at radius 3 is 2.76 bits per heavy atom. The van der Waals surface area contributed by atoms with Crippen LogP contribution in [0.5, 0.6) is 5.75 Å². The molecule has 2 aliphatic heterocycles. The van der Waals surface area contributed by atoms with Gasteiger partial charge in [0.15, 0.2) is 0 Å². The number of amides is 1. The molecule has 2 aliphatic rings. The number of nitrogens with zero attached hydrogens (tertiary/aromatic N) is 3. The highest BCUT2D eigenvalue weighted by Crippen LogP contribution is 2.41. The Kier molecular flexibility index (Phi) is 2.89. The zero-order chi connectivity index (χ0) is 17.1. The first-order valence-electron chi connectivity index (χ1n) is 8.49. The van der Waals surface area contributed by atoms with Crippen LogP contribution in [-0.4, -0.2) is 36.1 Å². The maximum Gasteiger partial charge on any atom is 0.257 e. The summed E-state index contributed by atoms with van der Waals surface area (Å²) in [6.07, 6.45) is -0.0745. The van der Waals surface area contributed by atoms with Crippen molar-refractivity contribution < 1.29 is 9.53 Å². The van der Waals surface area contributed by atoms with Crippen molar-refractivity contribution in [3.8, 4) is 5.75 Å². The molecule has 1 amide bonds. The van der Waals surface area contributed by atoms with Gasteiger partial charge in [-0.25, -0.2) is 0 Å². The molecule has 5 nitrogen and oxygen atoms in total. The van der Waals surface area contributed by atoms with Crippen molar-refractivity contribution in [3.05, 3.63) is 59.8 Å². The van der Waals surface area contributed by atoms with E-state index in [0.717, 1.165) is 34.6 Å². The van der Waals surface area contributed by atoms with Crippen LogP contribution in [0.1, 0.15) is 22.2 Å². The van der Waals surface area contributed by atoms with Gasteiger partial charge in [-0.3, -0.25) is 4.79 Å². The number of fused-ring (bicyclic) bond motifs is 6. The van der Waals surface area contributed by atoms with E-state index in [-0.39, 0.29) is 12.1 Å². The highest BCUT2D eigenvalue weighted by molar-refractivity contribution is 6.02. The molecule has 0 saturated carbocycles. The van der Waals surface area contributed by atoms with Gasteiger partial charge < -0.3 is 19.1 Å². The molecule has 0 fully saturated rings. The minimum absolute atomic E-state index is 0.0745. The minimum Gasteiger partial charge on any atom is -0.497 e. The van der Waals surface area contributed by atoms with Gasteiger partial charge in [-0.2, -0.15) is 0 Å². The highest BCUT2D eigenvalue weighted by Gasteiger charge is 2.40. The summed E-state index contributed by atoms with van der Waals surface area (Å²) >= 11 is 0. The lowest BCUT2D eigenvalue weighted by atomic mass is 10.0. The number of anilines is 1. The van der Waals surface area contributed by atoms with Gasteiger partial charge in [0.1, 0.15) is 11.9 Å². The highest BCUT2D eigenvalue weighted by atomic mass is 16.5. The van der Waals surface area contributed by atoms with Crippen molar-refractivity contribution in [2.24, 2.45) is 0 Å². The molecule has 5 heteroatoms. The van der Waals surface area contributed by atoms with E-state index in [4.69, 9.17) is 4.74 Å². The fourth-order valence-electron chi connectivity index (χ4n) is 4.22. The van der Waals surface area contributed by atoms with E-state index in [0.29, 0.717) is 6.54 Å². The largest absolute Gasteiger partial charge is 0.497 e. The second kappa shape index (κ2) is 5.02. The van der Waals surface area contributed by atoms with Crippen LogP contribution < -0.4 is 9.64 Å². The number of carbonyl (C=O) groups is 1. The standard InChI is InChI=1S/C20H19N3O2/c1-21-17-6-4-3-5-15(17)20(24)23-10-9-22-16-8-7-14(25-2)11-13(16)12-18(22)19(21)23/h3-8,11-12,19H,9-10H2,1-2H3. The molecule has 0 spiro atoms. The first-order chi connectivity index (χ1) is 12.2. The summed E-state index contributed by atoms with van der Waals surface area (Å²) in [6, 6.07) is 16.2. The van der Waals surface area contributed by atoms with E-state index in [9.17, 15) is 4.79 Å². The van der Waals surface area contributed by atoms with E-state index in [1.165, 1.54) is 5.52 Å². The van der Waals surface area contributed by atoms with Crippen LogP contribution in [0.2, 0.25) is 0 Å². The molecule has 3 aromatic rings. The number of carbonyl (C=O) groups excluding carboxylic acids is 1. The number of para-hydroxylation sites is 1. The van der Waals surface area contributed by atoms with Crippen LogP contribution in [0.3, 0.4) is 0 Å². The van der Waals surface area contributed by atoms with E-state index in [2.05, 4.69) is 34.7 Å². The number of ether oxygens (including phenoxy) is 1. The molecule has 1 unspecified atom stereocenters. The number of rotatable bonds is 1. The predicted molar refractivity (Wildman–Crippen MR) is 97.1 cm³/mol. The van der Waals surface area contributed by atoms with E-state index >= 15 is 0 Å². The lowest BCUT2D eigenvalue weighted by Gasteiger charge is -2.46. The van der Waals surface area contributed by atoms with Crippen LogP contribution >= 0.6 is 0 Å². The van der Waals surface area contributed by atoms with Gasteiger partial charge >= 0.3 is 0 Å². The second-order valence-corrected chi connectivity index (χ2v) is 6.65. The number of hydrogen-bond donors (Lipinski definition) is 0. The molecular formula is C20H19N3O2. The molecule has 1 aromatic heterocycles. The minimum atomic E-state index is -0.0745. The topological polar surface area (TPSA) is 37.7 Å². The van der Waals surface area contributed by atoms with Crippen molar-refractivity contribution in [2.75, 3.05) is 25.6 Å². The second-order valence-electron chi connectivity index (χ2n) is 6.65. The first-order valence-corrected chi connectivity index (χ1v) is 8.49. The van der Waals surface area contributed by atoms with E-state index in [1.54, 1.807) is 7.11 Å². The number of aromatic nitrogens is 1. The summed E-state index contributed by atoms with van der Waals surface area (Å²) in [5.74, 6) is 0.971. The van der Waals surface area contributed by atoms with Crippen molar-refractivity contribution in [1.29, 1.82) is 0 Å². The maximum absolute atomic E-state index is 13.0. The van der Waals surface area contributed by atoms with Gasteiger partial charge in [-0.05, 0) is 36.4 Å². The Labute approximate surface area is 146 Å². The molecule has 2 aromatic carbocycles. The summed E-state index contributed by atoms with van der Waals surface area (Å²) in [6.45, 7) is 1.52. The monoisotopic (exact) mass is 333 g/mol. The lowest BCUT2D eigenvalue weighted by molar-refractivity contribution is 0.0602. The zero-order valence-corrected chi connectivity index (χ0v) is 14.3. The van der Waals surface area contributed by atoms with E-state index < -0.39 is 0 Å². The van der Waals surface area contributed by atoms with Gasteiger partial charge in [0.2, 0.25) is 0 Å². The third-order valence-electron chi connectivity index (χ3n) is 5.41. The van der Waals surface area contributed by atoms with Crippen molar-refractivity contribution >= 4 is 22.5 Å². The summed E-state index contributed by atoms with van der Waals surface area (Å²) < 4.78 is 7.69. The van der Waals surface area contributed by atoms with Gasteiger partial charge in [-0.1, -0.05) is 12.1 Å². The van der Waals surface area contributed by atoms with E-state index in [1.807, 2.05) is 35.2 Å². The molecule has 0 aliphatic carbocycles. The molecule has 25 heavy (non-hydrogen) atoms. The quantitative estimate of drug-likeness (QED) is 0.686. The number of hydrogen-bond acceptors (Lipinski definition) is 3. The smallest absolute Gasteiger partial charge is 0.257 e.